The summed E-state index contributed by atoms with van der Waals surface area (Å²) < 4.78 is 2.01. The third-order valence-electron chi connectivity index (χ3n) is 4.40. The lowest BCUT2D eigenvalue weighted by molar-refractivity contribution is 0.125. The van der Waals surface area contributed by atoms with Gasteiger partial charge in [-0.05, 0) is 39.5 Å². The molecule has 2 unspecified atom stereocenters. The molecular weight excluding hydrogens is 228 g/mol. The van der Waals surface area contributed by atoms with Gasteiger partial charge in [0, 0.05) is 18.6 Å². The van der Waals surface area contributed by atoms with Crippen LogP contribution < -0.4 is 10.6 Å². The van der Waals surface area contributed by atoms with Gasteiger partial charge in [0.1, 0.15) is 0 Å². The number of fused-ring (bicyclic) bond motifs is 2. The largest absolute Gasteiger partial charge is 0.394 e. The second kappa shape index (κ2) is 4.16. The highest BCUT2D eigenvalue weighted by Crippen LogP contribution is 2.42. The summed E-state index contributed by atoms with van der Waals surface area (Å²) in [7, 11) is 0. The van der Waals surface area contributed by atoms with Crippen molar-refractivity contribution in [1.29, 1.82) is 0 Å². The molecule has 2 saturated heterocycles. The summed E-state index contributed by atoms with van der Waals surface area (Å²) in [5.74, 6) is 1.08. The van der Waals surface area contributed by atoms with Crippen LogP contribution in [0.15, 0.2) is 0 Å². The van der Waals surface area contributed by atoms with E-state index in [-0.39, 0.29) is 6.10 Å². The fraction of sp³-hybridized carbons (Fsp3) is 0.769. The van der Waals surface area contributed by atoms with Crippen molar-refractivity contribution < 1.29 is 5.11 Å². The van der Waals surface area contributed by atoms with Gasteiger partial charge in [-0.2, -0.15) is 5.10 Å². The number of hydrogen-bond acceptors (Lipinski definition) is 4. The van der Waals surface area contributed by atoms with Crippen LogP contribution in [0.3, 0.4) is 0 Å². The lowest BCUT2D eigenvalue weighted by atomic mass is 10.00. The molecule has 0 radical (unpaired) electrons. The Morgan fingerprint density at radius 2 is 1.94 bits per heavy atom. The number of nitrogens with zero attached hydrogens (tertiary/aromatic N) is 3. The molecule has 0 spiro atoms. The molecule has 2 aliphatic heterocycles. The standard InChI is InChI=1S/C13H22N4O/c1-3-16-13(12(14)8(2)15-16)17-9-4-5-10(17)7-11(18)6-9/h9-11,18H,3-7,14H2,1-2H3. The van der Waals surface area contributed by atoms with Crippen LogP contribution in [0, 0.1) is 6.92 Å². The van der Waals surface area contributed by atoms with Gasteiger partial charge in [-0.25, -0.2) is 4.68 Å². The smallest absolute Gasteiger partial charge is 0.151 e. The first-order chi connectivity index (χ1) is 8.61. The fourth-order valence-electron chi connectivity index (χ4n) is 3.57. The first-order valence-corrected chi connectivity index (χ1v) is 6.91. The maximum absolute atomic E-state index is 9.88. The molecule has 1 aromatic rings. The van der Waals surface area contributed by atoms with Gasteiger partial charge in [-0.1, -0.05) is 0 Å². The van der Waals surface area contributed by atoms with E-state index in [1.807, 2.05) is 11.6 Å². The summed E-state index contributed by atoms with van der Waals surface area (Å²) in [5.41, 5.74) is 7.93. The molecule has 2 atom stereocenters. The van der Waals surface area contributed by atoms with E-state index in [2.05, 4.69) is 16.9 Å². The molecule has 0 amide bonds. The number of aliphatic hydroxyl groups excluding tert-OH is 1. The third-order valence-corrected chi connectivity index (χ3v) is 4.40. The highest BCUT2D eigenvalue weighted by atomic mass is 16.3. The van der Waals surface area contributed by atoms with Crippen molar-refractivity contribution in [3.63, 3.8) is 0 Å². The molecule has 100 valence electrons. The predicted octanol–water partition coefficient (Wildman–Crippen LogP) is 1.29. The molecular formula is C13H22N4O. The molecule has 3 N–H and O–H groups in total. The van der Waals surface area contributed by atoms with Crippen LogP contribution in [0.1, 0.15) is 38.3 Å². The number of piperidine rings is 1. The van der Waals surface area contributed by atoms with Gasteiger partial charge >= 0.3 is 0 Å². The Morgan fingerprint density at radius 3 is 2.50 bits per heavy atom. The van der Waals surface area contributed by atoms with E-state index in [1.165, 1.54) is 0 Å². The number of aryl methyl sites for hydroxylation is 2. The van der Waals surface area contributed by atoms with E-state index in [4.69, 9.17) is 5.73 Å². The number of aliphatic hydroxyl groups is 1. The fourth-order valence-corrected chi connectivity index (χ4v) is 3.57. The minimum Gasteiger partial charge on any atom is -0.394 e. The van der Waals surface area contributed by atoms with Crippen molar-refractivity contribution in [1.82, 2.24) is 9.78 Å². The van der Waals surface area contributed by atoms with Crippen molar-refractivity contribution >= 4 is 11.5 Å². The number of anilines is 2. The maximum Gasteiger partial charge on any atom is 0.151 e. The van der Waals surface area contributed by atoms with Gasteiger partial charge in [0.15, 0.2) is 5.82 Å². The number of nitrogens with two attached hydrogens (primary N) is 1. The van der Waals surface area contributed by atoms with Crippen molar-refractivity contribution in [2.24, 2.45) is 0 Å². The number of nitrogen functional groups attached to an aromatic ring is 1. The lowest BCUT2D eigenvalue weighted by Gasteiger charge is -2.39. The predicted molar refractivity (Wildman–Crippen MR) is 71.6 cm³/mol. The van der Waals surface area contributed by atoms with Crippen LogP contribution >= 0.6 is 0 Å². The van der Waals surface area contributed by atoms with Crippen molar-refractivity contribution in [3.8, 4) is 0 Å². The summed E-state index contributed by atoms with van der Waals surface area (Å²) in [6, 6.07) is 0.866. The van der Waals surface area contributed by atoms with Gasteiger partial charge in [-0.15, -0.1) is 0 Å². The van der Waals surface area contributed by atoms with Crippen LogP contribution in [0.4, 0.5) is 11.5 Å². The Balaban J connectivity index is 2.01. The monoisotopic (exact) mass is 250 g/mol. The summed E-state index contributed by atoms with van der Waals surface area (Å²) in [5, 5.41) is 14.4. The zero-order chi connectivity index (χ0) is 12.9. The van der Waals surface area contributed by atoms with Gasteiger partial charge in [0.25, 0.3) is 0 Å². The summed E-state index contributed by atoms with van der Waals surface area (Å²) >= 11 is 0. The second-order valence-corrected chi connectivity index (χ2v) is 5.56. The molecule has 3 heterocycles. The first kappa shape index (κ1) is 11.8. The van der Waals surface area contributed by atoms with Gasteiger partial charge in [-0.3, -0.25) is 0 Å². The molecule has 2 fully saturated rings. The zero-order valence-corrected chi connectivity index (χ0v) is 11.1. The SMILES string of the molecule is CCn1nc(C)c(N)c1N1C2CCC1CC(O)C2. The van der Waals surface area contributed by atoms with Gasteiger partial charge in [0.05, 0.1) is 17.5 Å². The molecule has 0 aliphatic carbocycles. The van der Waals surface area contributed by atoms with Crippen LogP contribution in [0.5, 0.6) is 0 Å². The molecule has 5 heteroatoms. The van der Waals surface area contributed by atoms with Crippen LogP contribution in [-0.2, 0) is 6.54 Å². The zero-order valence-electron chi connectivity index (χ0n) is 11.1. The summed E-state index contributed by atoms with van der Waals surface area (Å²) in [6.45, 7) is 4.90. The Kier molecular flexibility index (Phi) is 2.73. The van der Waals surface area contributed by atoms with Gasteiger partial charge in [0.2, 0.25) is 0 Å². The molecule has 2 aliphatic rings. The van der Waals surface area contributed by atoms with E-state index in [1.54, 1.807) is 0 Å². The summed E-state index contributed by atoms with van der Waals surface area (Å²) in [4.78, 5) is 2.42. The Morgan fingerprint density at radius 1 is 1.33 bits per heavy atom. The van der Waals surface area contributed by atoms with E-state index in [9.17, 15) is 5.11 Å². The van der Waals surface area contributed by atoms with E-state index in [0.717, 1.165) is 49.4 Å². The highest BCUT2D eigenvalue weighted by Gasteiger charge is 2.42. The molecule has 5 nitrogen and oxygen atoms in total. The first-order valence-electron chi connectivity index (χ1n) is 6.91. The van der Waals surface area contributed by atoms with E-state index < -0.39 is 0 Å². The minimum atomic E-state index is -0.140. The highest BCUT2D eigenvalue weighted by molar-refractivity contribution is 5.68. The second-order valence-electron chi connectivity index (χ2n) is 5.56. The lowest BCUT2D eigenvalue weighted by Crippen LogP contribution is -2.46. The molecule has 1 aromatic heterocycles. The maximum atomic E-state index is 9.88. The Hall–Kier alpha value is -1.23. The molecule has 2 bridgehead atoms. The van der Waals surface area contributed by atoms with Crippen molar-refractivity contribution in [2.45, 2.75) is 64.3 Å². The molecule has 0 aromatic carbocycles. The quantitative estimate of drug-likeness (QED) is 0.830. The van der Waals surface area contributed by atoms with E-state index >= 15 is 0 Å². The molecule has 18 heavy (non-hydrogen) atoms. The normalized spacial score (nSPS) is 31.1. The van der Waals surface area contributed by atoms with Gasteiger partial charge < -0.3 is 15.7 Å². The number of rotatable bonds is 2. The average molecular weight is 250 g/mol. The Bertz CT molecular complexity index is 442. The van der Waals surface area contributed by atoms with Crippen LogP contribution in [-0.4, -0.2) is 33.1 Å². The summed E-state index contributed by atoms with van der Waals surface area (Å²) in [6.07, 6.45) is 3.91. The molecule has 0 saturated carbocycles. The Labute approximate surface area is 108 Å². The van der Waals surface area contributed by atoms with Crippen molar-refractivity contribution in [2.75, 3.05) is 10.6 Å². The number of aromatic nitrogens is 2. The topological polar surface area (TPSA) is 67.3 Å². The van der Waals surface area contributed by atoms with Crippen LogP contribution in [0.25, 0.3) is 0 Å². The van der Waals surface area contributed by atoms with Crippen LogP contribution in [0.2, 0.25) is 0 Å². The number of hydrogen-bond donors (Lipinski definition) is 2. The average Bonchev–Trinajstić information content (AvgIpc) is 2.75. The minimum absolute atomic E-state index is 0.140. The third kappa shape index (κ3) is 1.61. The van der Waals surface area contributed by atoms with E-state index in [0.29, 0.717) is 12.1 Å². The molecule has 3 rings (SSSR count). The van der Waals surface area contributed by atoms with Crippen molar-refractivity contribution in [3.05, 3.63) is 5.69 Å².